The van der Waals surface area contributed by atoms with Gasteiger partial charge in [-0.25, -0.2) is 0 Å². The Hall–Kier alpha value is -0.470. The highest BCUT2D eigenvalue weighted by molar-refractivity contribution is 7.98. The third-order valence-electron chi connectivity index (χ3n) is 2.78. The minimum absolute atomic E-state index is 0.660. The highest BCUT2D eigenvalue weighted by atomic mass is 32.2. The molecule has 84 valence electrons. The fourth-order valence-electron chi connectivity index (χ4n) is 1.69. The van der Waals surface area contributed by atoms with Gasteiger partial charge in [-0.2, -0.15) is 0 Å². The van der Waals surface area contributed by atoms with Crippen LogP contribution in [0, 0.1) is 0 Å². The number of rotatable bonds is 6. The van der Waals surface area contributed by atoms with Crippen molar-refractivity contribution in [2.75, 3.05) is 12.8 Å². The summed E-state index contributed by atoms with van der Waals surface area (Å²) >= 11 is 1.79. The summed E-state index contributed by atoms with van der Waals surface area (Å²) in [7, 11) is 0. The molecular weight excluding hydrogens is 202 g/mol. The van der Waals surface area contributed by atoms with Gasteiger partial charge in [0, 0.05) is 4.90 Å². The summed E-state index contributed by atoms with van der Waals surface area (Å²) in [6.45, 7) is 3.11. The van der Waals surface area contributed by atoms with Gasteiger partial charge in [0.2, 0.25) is 0 Å². The van der Waals surface area contributed by atoms with E-state index in [0.717, 1.165) is 13.0 Å². The Labute approximate surface area is 97.4 Å². The molecule has 0 aliphatic heterocycles. The minimum atomic E-state index is 0.660. The second-order valence-electron chi connectivity index (χ2n) is 3.96. The van der Waals surface area contributed by atoms with E-state index in [1.54, 1.807) is 11.8 Å². The number of hydrogen-bond donors (Lipinski definition) is 1. The van der Waals surface area contributed by atoms with Crippen LogP contribution in [0.15, 0.2) is 29.2 Å². The molecular formula is C13H21NS. The molecule has 0 saturated heterocycles. The standard InChI is InChI=1S/C13H21NS/c1-11(5-3-4-10-14)12-6-8-13(15-2)9-7-12/h6-9,11H,3-5,10,14H2,1-2H3. The zero-order chi connectivity index (χ0) is 11.1. The van der Waals surface area contributed by atoms with Crippen LogP contribution in [0.2, 0.25) is 0 Å². The van der Waals surface area contributed by atoms with Gasteiger partial charge in [-0.05, 0) is 49.3 Å². The third kappa shape index (κ3) is 4.27. The summed E-state index contributed by atoms with van der Waals surface area (Å²) in [5.74, 6) is 0.660. The van der Waals surface area contributed by atoms with E-state index in [1.165, 1.54) is 23.3 Å². The maximum Gasteiger partial charge on any atom is 0.00693 e. The molecule has 1 aromatic rings. The Bertz CT molecular complexity index is 268. The summed E-state index contributed by atoms with van der Waals surface area (Å²) in [6.07, 6.45) is 5.74. The number of benzene rings is 1. The lowest BCUT2D eigenvalue weighted by atomic mass is 9.95. The fourth-order valence-corrected chi connectivity index (χ4v) is 2.10. The molecule has 0 bridgehead atoms. The van der Waals surface area contributed by atoms with Crippen molar-refractivity contribution in [3.05, 3.63) is 29.8 Å². The molecule has 0 aliphatic rings. The van der Waals surface area contributed by atoms with Gasteiger partial charge in [-0.1, -0.05) is 25.5 Å². The van der Waals surface area contributed by atoms with Gasteiger partial charge in [0.05, 0.1) is 0 Å². The SMILES string of the molecule is CSc1ccc(C(C)CCCCN)cc1. The smallest absolute Gasteiger partial charge is 0.00693 e. The highest BCUT2D eigenvalue weighted by Gasteiger charge is 2.04. The van der Waals surface area contributed by atoms with Crippen LogP contribution in [0.25, 0.3) is 0 Å². The lowest BCUT2D eigenvalue weighted by Gasteiger charge is -2.11. The minimum Gasteiger partial charge on any atom is -0.330 e. The Balaban J connectivity index is 2.46. The van der Waals surface area contributed by atoms with Crippen LogP contribution in [-0.4, -0.2) is 12.8 Å². The van der Waals surface area contributed by atoms with Gasteiger partial charge in [0.25, 0.3) is 0 Å². The lowest BCUT2D eigenvalue weighted by Crippen LogP contribution is -2.00. The van der Waals surface area contributed by atoms with E-state index < -0.39 is 0 Å². The molecule has 1 aromatic carbocycles. The normalized spacial score (nSPS) is 12.7. The van der Waals surface area contributed by atoms with Gasteiger partial charge in [-0.15, -0.1) is 11.8 Å². The molecule has 0 saturated carbocycles. The van der Waals surface area contributed by atoms with Crippen molar-refractivity contribution in [2.24, 2.45) is 5.73 Å². The van der Waals surface area contributed by atoms with Crippen molar-refractivity contribution in [3.63, 3.8) is 0 Å². The number of unbranched alkanes of at least 4 members (excludes halogenated alkanes) is 1. The summed E-state index contributed by atoms with van der Waals surface area (Å²) in [4.78, 5) is 1.34. The molecule has 0 aromatic heterocycles. The monoisotopic (exact) mass is 223 g/mol. The molecule has 1 atom stereocenters. The molecule has 0 amide bonds. The molecule has 0 spiro atoms. The number of nitrogens with two attached hydrogens (primary N) is 1. The Morgan fingerprint density at radius 3 is 2.40 bits per heavy atom. The predicted octanol–water partition coefficient (Wildman–Crippen LogP) is 3.64. The first-order chi connectivity index (χ1) is 7.27. The Kier molecular flexibility index (Phi) is 5.81. The molecule has 1 nitrogen and oxygen atoms in total. The molecule has 0 fully saturated rings. The van der Waals surface area contributed by atoms with Crippen molar-refractivity contribution >= 4 is 11.8 Å². The second-order valence-corrected chi connectivity index (χ2v) is 4.84. The van der Waals surface area contributed by atoms with E-state index in [1.807, 2.05) is 0 Å². The van der Waals surface area contributed by atoms with Crippen molar-refractivity contribution in [1.29, 1.82) is 0 Å². The van der Waals surface area contributed by atoms with Crippen LogP contribution in [-0.2, 0) is 0 Å². The average Bonchev–Trinajstić information content (AvgIpc) is 2.29. The zero-order valence-electron chi connectivity index (χ0n) is 9.70. The lowest BCUT2D eigenvalue weighted by molar-refractivity contribution is 0.609. The Morgan fingerprint density at radius 2 is 1.87 bits per heavy atom. The first-order valence-electron chi connectivity index (χ1n) is 5.62. The van der Waals surface area contributed by atoms with Gasteiger partial charge < -0.3 is 5.73 Å². The first kappa shape index (κ1) is 12.6. The molecule has 15 heavy (non-hydrogen) atoms. The van der Waals surface area contributed by atoms with Crippen LogP contribution in [0.1, 0.15) is 37.7 Å². The van der Waals surface area contributed by atoms with E-state index in [0.29, 0.717) is 5.92 Å². The van der Waals surface area contributed by atoms with E-state index in [2.05, 4.69) is 37.4 Å². The van der Waals surface area contributed by atoms with Gasteiger partial charge in [0.1, 0.15) is 0 Å². The van der Waals surface area contributed by atoms with Crippen molar-refractivity contribution in [1.82, 2.24) is 0 Å². The van der Waals surface area contributed by atoms with Crippen LogP contribution < -0.4 is 5.73 Å². The summed E-state index contributed by atoms with van der Waals surface area (Å²) in [5, 5.41) is 0. The van der Waals surface area contributed by atoms with Crippen molar-refractivity contribution in [3.8, 4) is 0 Å². The maximum atomic E-state index is 5.49. The van der Waals surface area contributed by atoms with Gasteiger partial charge in [-0.3, -0.25) is 0 Å². The fraction of sp³-hybridized carbons (Fsp3) is 0.538. The second kappa shape index (κ2) is 6.91. The third-order valence-corrected chi connectivity index (χ3v) is 3.52. The Morgan fingerprint density at radius 1 is 1.20 bits per heavy atom. The van der Waals surface area contributed by atoms with Crippen LogP contribution in [0.4, 0.5) is 0 Å². The molecule has 2 heteroatoms. The van der Waals surface area contributed by atoms with Crippen LogP contribution in [0.3, 0.4) is 0 Å². The molecule has 0 heterocycles. The maximum absolute atomic E-state index is 5.49. The predicted molar refractivity (Wildman–Crippen MR) is 69.5 cm³/mol. The largest absolute Gasteiger partial charge is 0.330 e. The van der Waals surface area contributed by atoms with E-state index in [9.17, 15) is 0 Å². The molecule has 0 radical (unpaired) electrons. The average molecular weight is 223 g/mol. The summed E-state index contributed by atoms with van der Waals surface area (Å²) < 4.78 is 0. The van der Waals surface area contributed by atoms with Crippen LogP contribution >= 0.6 is 11.8 Å². The molecule has 0 aliphatic carbocycles. The topological polar surface area (TPSA) is 26.0 Å². The van der Waals surface area contributed by atoms with Gasteiger partial charge in [0.15, 0.2) is 0 Å². The molecule has 2 N–H and O–H groups in total. The van der Waals surface area contributed by atoms with Gasteiger partial charge >= 0.3 is 0 Å². The summed E-state index contributed by atoms with van der Waals surface area (Å²) in [5.41, 5.74) is 6.94. The highest BCUT2D eigenvalue weighted by Crippen LogP contribution is 2.23. The molecule has 1 rings (SSSR count). The van der Waals surface area contributed by atoms with E-state index in [4.69, 9.17) is 5.73 Å². The van der Waals surface area contributed by atoms with E-state index >= 15 is 0 Å². The van der Waals surface area contributed by atoms with E-state index in [-0.39, 0.29) is 0 Å². The molecule has 1 unspecified atom stereocenters. The van der Waals surface area contributed by atoms with Crippen LogP contribution in [0.5, 0.6) is 0 Å². The zero-order valence-corrected chi connectivity index (χ0v) is 10.5. The first-order valence-corrected chi connectivity index (χ1v) is 6.84. The summed E-state index contributed by atoms with van der Waals surface area (Å²) in [6, 6.07) is 8.91. The number of thioether (sulfide) groups is 1. The van der Waals surface area contributed by atoms with Crippen molar-refractivity contribution in [2.45, 2.75) is 37.0 Å². The quantitative estimate of drug-likeness (QED) is 0.588. The number of hydrogen-bond acceptors (Lipinski definition) is 2. The van der Waals surface area contributed by atoms with Crippen molar-refractivity contribution < 1.29 is 0 Å².